The largest absolute Gasteiger partial charge is 0.494 e. The molecule has 0 aliphatic heterocycles. The number of ketones is 1. The maximum atomic E-state index is 11.9. The van der Waals surface area contributed by atoms with Gasteiger partial charge in [-0.3, -0.25) is 4.79 Å². The highest BCUT2D eigenvalue weighted by Gasteiger charge is 2.14. The van der Waals surface area contributed by atoms with E-state index in [0.29, 0.717) is 13.0 Å². The predicted octanol–water partition coefficient (Wildman–Crippen LogP) is 5.09. The lowest BCUT2D eigenvalue weighted by molar-refractivity contribution is 0.0977. The van der Waals surface area contributed by atoms with Crippen LogP contribution in [0.2, 0.25) is 0 Å². The van der Waals surface area contributed by atoms with Crippen molar-refractivity contribution < 1.29 is 9.53 Å². The van der Waals surface area contributed by atoms with Crippen molar-refractivity contribution in [3.63, 3.8) is 0 Å². The fourth-order valence-corrected chi connectivity index (χ4v) is 2.73. The monoisotopic (exact) mass is 302 g/mol. The fraction of sp³-hybridized carbons (Fsp3) is 0.389. The van der Waals surface area contributed by atoms with E-state index < -0.39 is 0 Å². The summed E-state index contributed by atoms with van der Waals surface area (Å²) in [6, 6.07) is 12.0. The Hall–Kier alpha value is -1.61. The molecular weight excluding hydrogens is 280 g/mol. The maximum absolute atomic E-state index is 11.9. The van der Waals surface area contributed by atoms with Gasteiger partial charge in [0, 0.05) is 6.42 Å². The summed E-state index contributed by atoms with van der Waals surface area (Å²) < 4.78 is 5.76. The van der Waals surface area contributed by atoms with E-state index in [-0.39, 0.29) is 11.2 Å². The van der Waals surface area contributed by atoms with Crippen LogP contribution in [0.1, 0.15) is 48.8 Å². The number of benzene rings is 1. The zero-order valence-electron chi connectivity index (χ0n) is 12.9. The highest BCUT2D eigenvalue weighted by Crippen LogP contribution is 2.25. The molecule has 0 N–H and O–H groups in total. The number of carbonyl (C=O) groups excluding carboxylic acids is 1. The summed E-state index contributed by atoms with van der Waals surface area (Å²) in [5.41, 5.74) is 1.38. The topological polar surface area (TPSA) is 26.3 Å². The van der Waals surface area contributed by atoms with Gasteiger partial charge < -0.3 is 4.74 Å². The minimum atomic E-state index is 0.120. The molecule has 112 valence electrons. The molecule has 0 aliphatic carbocycles. The molecule has 0 amide bonds. The lowest BCUT2D eigenvalue weighted by Crippen LogP contribution is -2.11. The van der Waals surface area contributed by atoms with Crippen LogP contribution in [0.15, 0.2) is 41.8 Å². The standard InChI is InChI=1S/C18H22O2S/c1-18(2,3)14-7-4-8-15(13-14)20-11-5-9-16(19)17-10-6-12-21-17/h4,6-8,10,12-13H,5,9,11H2,1-3H3. The fourth-order valence-electron chi connectivity index (χ4n) is 2.04. The van der Waals surface area contributed by atoms with Gasteiger partial charge in [0.05, 0.1) is 11.5 Å². The van der Waals surface area contributed by atoms with Crippen molar-refractivity contribution in [2.45, 2.75) is 39.0 Å². The molecule has 0 spiro atoms. The van der Waals surface area contributed by atoms with Gasteiger partial charge >= 0.3 is 0 Å². The number of carbonyl (C=O) groups is 1. The van der Waals surface area contributed by atoms with E-state index in [9.17, 15) is 4.79 Å². The average Bonchev–Trinajstić information content (AvgIpc) is 2.97. The highest BCUT2D eigenvalue weighted by atomic mass is 32.1. The molecule has 21 heavy (non-hydrogen) atoms. The lowest BCUT2D eigenvalue weighted by atomic mass is 9.87. The van der Waals surface area contributed by atoms with Gasteiger partial charge in [-0.15, -0.1) is 11.3 Å². The summed E-state index contributed by atoms with van der Waals surface area (Å²) in [5, 5.41) is 1.93. The summed E-state index contributed by atoms with van der Waals surface area (Å²) in [6.45, 7) is 7.13. The summed E-state index contributed by atoms with van der Waals surface area (Å²) >= 11 is 1.50. The van der Waals surface area contributed by atoms with E-state index in [0.717, 1.165) is 17.0 Å². The van der Waals surface area contributed by atoms with E-state index >= 15 is 0 Å². The molecule has 0 saturated heterocycles. The Morgan fingerprint density at radius 1 is 1.19 bits per heavy atom. The summed E-state index contributed by atoms with van der Waals surface area (Å²) in [6.07, 6.45) is 1.29. The molecule has 2 aromatic rings. The van der Waals surface area contributed by atoms with E-state index in [1.165, 1.54) is 16.9 Å². The molecule has 0 radical (unpaired) electrons. The second-order valence-corrected chi connectivity index (χ2v) is 7.08. The average molecular weight is 302 g/mol. The van der Waals surface area contributed by atoms with Crippen molar-refractivity contribution in [1.82, 2.24) is 0 Å². The van der Waals surface area contributed by atoms with Gasteiger partial charge in [0.1, 0.15) is 5.75 Å². The Labute approximate surface area is 130 Å². The smallest absolute Gasteiger partial charge is 0.172 e. The number of thiophene rings is 1. The van der Waals surface area contributed by atoms with Crippen LogP contribution in [0, 0.1) is 0 Å². The molecule has 0 bridgehead atoms. The van der Waals surface area contributed by atoms with Crippen LogP contribution in [0.3, 0.4) is 0 Å². The third-order valence-corrected chi connectivity index (χ3v) is 4.22. The second-order valence-electron chi connectivity index (χ2n) is 6.13. The second kappa shape index (κ2) is 6.90. The van der Waals surface area contributed by atoms with Gasteiger partial charge in [-0.05, 0) is 41.0 Å². The number of rotatable bonds is 6. The summed E-state index contributed by atoms with van der Waals surface area (Å²) in [5.74, 6) is 1.09. The van der Waals surface area contributed by atoms with E-state index in [4.69, 9.17) is 4.74 Å². The van der Waals surface area contributed by atoms with Gasteiger partial charge in [-0.2, -0.15) is 0 Å². The van der Waals surface area contributed by atoms with Crippen LogP contribution >= 0.6 is 11.3 Å². The van der Waals surface area contributed by atoms with Gasteiger partial charge in [-0.1, -0.05) is 39.0 Å². The molecule has 3 heteroatoms. The van der Waals surface area contributed by atoms with Gasteiger partial charge in [0.25, 0.3) is 0 Å². The van der Waals surface area contributed by atoms with Crippen molar-refractivity contribution in [2.75, 3.05) is 6.61 Å². The van der Waals surface area contributed by atoms with Crippen LogP contribution in [0.4, 0.5) is 0 Å². The lowest BCUT2D eigenvalue weighted by Gasteiger charge is -2.19. The Bertz CT molecular complexity index is 580. The molecule has 2 nitrogen and oxygen atoms in total. The van der Waals surface area contributed by atoms with Crippen molar-refractivity contribution in [2.24, 2.45) is 0 Å². The number of ether oxygens (including phenoxy) is 1. The quantitative estimate of drug-likeness (QED) is 0.549. The first-order valence-electron chi connectivity index (χ1n) is 7.27. The first kappa shape index (κ1) is 15.8. The van der Waals surface area contributed by atoms with Crippen LogP contribution in [-0.2, 0) is 5.41 Å². The SMILES string of the molecule is CC(C)(C)c1cccc(OCCCC(=O)c2cccs2)c1. The van der Waals surface area contributed by atoms with Gasteiger partial charge in [0.15, 0.2) is 5.78 Å². The Morgan fingerprint density at radius 2 is 2.00 bits per heavy atom. The van der Waals surface area contributed by atoms with Crippen molar-refractivity contribution in [3.8, 4) is 5.75 Å². The van der Waals surface area contributed by atoms with E-state index in [2.05, 4.69) is 32.9 Å². The molecule has 0 aliphatic rings. The maximum Gasteiger partial charge on any atom is 0.172 e. The van der Waals surface area contributed by atoms with Crippen LogP contribution in [0.25, 0.3) is 0 Å². The van der Waals surface area contributed by atoms with Gasteiger partial charge in [-0.25, -0.2) is 0 Å². The normalized spacial score (nSPS) is 11.4. The zero-order chi connectivity index (χ0) is 15.3. The molecule has 1 heterocycles. The highest BCUT2D eigenvalue weighted by molar-refractivity contribution is 7.12. The number of hydrogen-bond acceptors (Lipinski definition) is 3. The Kier molecular flexibility index (Phi) is 5.18. The van der Waals surface area contributed by atoms with Crippen LogP contribution in [0.5, 0.6) is 5.75 Å². The minimum absolute atomic E-state index is 0.120. The molecule has 1 aromatic heterocycles. The minimum Gasteiger partial charge on any atom is -0.494 e. The third kappa shape index (κ3) is 4.71. The van der Waals surface area contributed by atoms with Crippen molar-refractivity contribution in [1.29, 1.82) is 0 Å². The number of hydrogen-bond donors (Lipinski definition) is 0. The van der Waals surface area contributed by atoms with E-state index in [1.54, 1.807) is 0 Å². The van der Waals surface area contributed by atoms with Crippen LogP contribution in [-0.4, -0.2) is 12.4 Å². The Morgan fingerprint density at radius 3 is 2.67 bits per heavy atom. The van der Waals surface area contributed by atoms with Crippen LogP contribution < -0.4 is 4.74 Å². The zero-order valence-corrected chi connectivity index (χ0v) is 13.7. The third-order valence-electron chi connectivity index (χ3n) is 3.31. The van der Waals surface area contributed by atoms with Crippen molar-refractivity contribution in [3.05, 3.63) is 52.2 Å². The number of Topliss-reactive ketones (excluding diaryl/α,β-unsaturated/α-hetero) is 1. The molecule has 0 saturated carbocycles. The molecule has 0 fully saturated rings. The van der Waals surface area contributed by atoms with Crippen molar-refractivity contribution >= 4 is 17.1 Å². The van der Waals surface area contributed by atoms with E-state index in [1.807, 2.05) is 29.6 Å². The Balaban J connectivity index is 1.80. The summed E-state index contributed by atoms with van der Waals surface area (Å²) in [7, 11) is 0. The predicted molar refractivity (Wildman–Crippen MR) is 88.5 cm³/mol. The first-order chi connectivity index (χ1) is 9.97. The molecule has 0 atom stereocenters. The molecule has 2 rings (SSSR count). The summed E-state index contributed by atoms with van der Waals surface area (Å²) in [4.78, 5) is 12.7. The molecule has 1 aromatic carbocycles. The molecule has 0 unspecified atom stereocenters. The molecular formula is C18H22O2S. The van der Waals surface area contributed by atoms with Gasteiger partial charge in [0.2, 0.25) is 0 Å². The first-order valence-corrected chi connectivity index (χ1v) is 8.15.